The van der Waals surface area contributed by atoms with Crippen molar-refractivity contribution in [1.82, 2.24) is 19.2 Å². The summed E-state index contributed by atoms with van der Waals surface area (Å²) in [5.41, 5.74) is 9.10. The number of hydrogen-bond acceptors (Lipinski definition) is 3. The van der Waals surface area contributed by atoms with Crippen LogP contribution in [-0.2, 0) is 7.05 Å². The van der Waals surface area contributed by atoms with Gasteiger partial charge < -0.3 is 10.1 Å². The molecular weight excluding hydrogens is 202 g/mol. The smallest absolute Gasteiger partial charge is 0.137 e. The molecule has 0 aromatic carbocycles. The Morgan fingerprint density at radius 1 is 1.31 bits per heavy atom. The minimum atomic E-state index is 0.644. The van der Waals surface area contributed by atoms with Crippen molar-refractivity contribution < 1.29 is 0 Å². The van der Waals surface area contributed by atoms with E-state index in [1.54, 1.807) is 10.9 Å². The van der Waals surface area contributed by atoms with Gasteiger partial charge in [0, 0.05) is 19.4 Å². The van der Waals surface area contributed by atoms with Crippen molar-refractivity contribution in [2.75, 3.05) is 5.73 Å². The summed E-state index contributed by atoms with van der Waals surface area (Å²) in [6.45, 7) is 0. The third-order valence-electron chi connectivity index (χ3n) is 2.57. The molecule has 0 saturated carbocycles. The molecule has 0 fully saturated rings. The molecule has 0 atom stereocenters. The van der Waals surface area contributed by atoms with E-state index in [1.807, 2.05) is 42.0 Å². The van der Waals surface area contributed by atoms with Crippen LogP contribution in [0.25, 0.3) is 17.0 Å². The van der Waals surface area contributed by atoms with Gasteiger partial charge in [0.2, 0.25) is 0 Å². The highest BCUT2D eigenvalue weighted by Gasteiger charge is 2.11. The molecule has 0 aliphatic rings. The highest BCUT2D eigenvalue weighted by atomic mass is 15.3. The average molecular weight is 213 g/mol. The van der Waals surface area contributed by atoms with Crippen LogP contribution in [-0.4, -0.2) is 19.2 Å². The maximum absolute atomic E-state index is 5.86. The first-order chi connectivity index (χ1) is 7.75. The summed E-state index contributed by atoms with van der Waals surface area (Å²) in [6, 6.07) is 5.87. The number of anilines is 1. The molecule has 80 valence electrons. The van der Waals surface area contributed by atoms with Gasteiger partial charge >= 0.3 is 0 Å². The zero-order chi connectivity index (χ0) is 11.1. The van der Waals surface area contributed by atoms with Crippen LogP contribution in [0.3, 0.4) is 0 Å². The quantitative estimate of drug-likeness (QED) is 0.663. The third-order valence-corrected chi connectivity index (χ3v) is 2.57. The first-order valence-electron chi connectivity index (χ1n) is 4.97. The number of aromatic nitrogens is 4. The molecule has 0 radical (unpaired) electrons. The first kappa shape index (κ1) is 8.96. The van der Waals surface area contributed by atoms with E-state index in [0.717, 1.165) is 17.0 Å². The van der Waals surface area contributed by atoms with Gasteiger partial charge in [0.05, 0.1) is 11.9 Å². The van der Waals surface area contributed by atoms with E-state index in [-0.39, 0.29) is 0 Å². The van der Waals surface area contributed by atoms with E-state index < -0.39 is 0 Å². The monoisotopic (exact) mass is 213 g/mol. The number of nitrogens with two attached hydrogens (primary N) is 1. The van der Waals surface area contributed by atoms with Crippen LogP contribution in [0.1, 0.15) is 0 Å². The van der Waals surface area contributed by atoms with Gasteiger partial charge in [0.25, 0.3) is 0 Å². The van der Waals surface area contributed by atoms with Crippen molar-refractivity contribution in [3.05, 3.63) is 36.8 Å². The lowest BCUT2D eigenvalue weighted by atomic mass is 10.3. The van der Waals surface area contributed by atoms with E-state index in [2.05, 4.69) is 10.1 Å². The van der Waals surface area contributed by atoms with E-state index >= 15 is 0 Å². The van der Waals surface area contributed by atoms with E-state index in [9.17, 15) is 0 Å². The molecule has 3 aromatic rings. The van der Waals surface area contributed by atoms with E-state index in [0.29, 0.717) is 5.69 Å². The number of imidazole rings is 1. The predicted octanol–water partition coefficient (Wildman–Crippen LogP) is 1.32. The molecule has 5 heteroatoms. The summed E-state index contributed by atoms with van der Waals surface area (Å²) in [6.07, 6.45) is 5.54. The summed E-state index contributed by atoms with van der Waals surface area (Å²) in [7, 11) is 1.86. The molecule has 0 aliphatic carbocycles. The standard InChI is InChI=1S/C11H11N5/c1-15-11(8(12)6-13-15)9-7-16-5-3-2-4-10(16)14-9/h2-7H,12H2,1H3. The number of rotatable bonds is 1. The molecule has 0 saturated heterocycles. The second-order valence-corrected chi connectivity index (χ2v) is 3.66. The van der Waals surface area contributed by atoms with Gasteiger partial charge in [-0.1, -0.05) is 6.07 Å². The summed E-state index contributed by atoms with van der Waals surface area (Å²) < 4.78 is 3.69. The Bertz CT molecular complexity index is 597. The van der Waals surface area contributed by atoms with Crippen molar-refractivity contribution in [3.8, 4) is 11.4 Å². The van der Waals surface area contributed by atoms with Gasteiger partial charge in [0.1, 0.15) is 17.0 Å². The van der Waals surface area contributed by atoms with Gasteiger partial charge in [-0.15, -0.1) is 0 Å². The highest BCUT2D eigenvalue weighted by Crippen LogP contribution is 2.23. The van der Waals surface area contributed by atoms with Gasteiger partial charge in [-0.3, -0.25) is 4.68 Å². The normalized spacial score (nSPS) is 11.1. The minimum absolute atomic E-state index is 0.644. The number of fused-ring (bicyclic) bond motifs is 1. The number of hydrogen-bond donors (Lipinski definition) is 1. The van der Waals surface area contributed by atoms with Crippen LogP contribution in [0.4, 0.5) is 5.69 Å². The maximum Gasteiger partial charge on any atom is 0.137 e. The van der Waals surface area contributed by atoms with Crippen molar-refractivity contribution >= 4 is 11.3 Å². The third kappa shape index (κ3) is 1.18. The Kier molecular flexibility index (Phi) is 1.73. The van der Waals surface area contributed by atoms with Gasteiger partial charge in [-0.05, 0) is 12.1 Å². The van der Waals surface area contributed by atoms with Crippen molar-refractivity contribution in [3.63, 3.8) is 0 Å². The molecule has 2 N–H and O–H groups in total. The van der Waals surface area contributed by atoms with E-state index in [1.165, 1.54) is 0 Å². The molecule has 0 aliphatic heterocycles. The molecule has 0 spiro atoms. The van der Waals surface area contributed by atoms with Crippen LogP contribution >= 0.6 is 0 Å². The number of nitrogen functional groups attached to an aromatic ring is 1. The minimum Gasteiger partial charge on any atom is -0.396 e. The molecule has 0 amide bonds. The Morgan fingerprint density at radius 3 is 2.88 bits per heavy atom. The first-order valence-corrected chi connectivity index (χ1v) is 4.97. The number of pyridine rings is 1. The topological polar surface area (TPSA) is 61.1 Å². The maximum atomic E-state index is 5.86. The predicted molar refractivity (Wildman–Crippen MR) is 61.8 cm³/mol. The number of aryl methyl sites for hydroxylation is 1. The Morgan fingerprint density at radius 2 is 2.19 bits per heavy atom. The molecule has 3 aromatic heterocycles. The summed E-state index contributed by atoms with van der Waals surface area (Å²) in [4.78, 5) is 4.50. The molecular formula is C11H11N5. The molecule has 5 nitrogen and oxygen atoms in total. The lowest BCUT2D eigenvalue weighted by Gasteiger charge is -1.97. The summed E-state index contributed by atoms with van der Waals surface area (Å²) in [5.74, 6) is 0. The second-order valence-electron chi connectivity index (χ2n) is 3.66. The molecule has 3 heterocycles. The van der Waals surface area contributed by atoms with Crippen LogP contribution in [0, 0.1) is 0 Å². The largest absolute Gasteiger partial charge is 0.396 e. The highest BCUT2D eigenvalue weighted by molar-refractivity contribution is 5.71. The van der Waals surface area contributed by atoms with Crippen LogP contribution in [0.15, 0.2) is 36.8 Å². The van der Waals surface area contributed by atoms with Gasteiger partial charge in [0.15, 0.2) is 0 Å². The summed E-state index contributed by atoms with van der Waals surface area (Å²) in [5, 5.41) is 4.11. The Balaban J connectivity index is 2.27. The number of nitrogens with zero attached hydrogens (tertiary/aromatic N) is 4. The molecule has 16 heavy (non-hydrogen) atoms. The van der Waals surface area contributed by atoms with Crippen LogP contribution in [0.5, 0.6) is 0 Å². The van der Waals surface area contributed by atoms with Crippen LogP contribution < -0.4 is 5.73 Å². The van der Waals surface area contributed by atoms with Crippen molar-refractivity contribution in [1.29, 1.82) is 0 Å². The lowest BCUT2D eigenvalue weighted by molar-refractivity contribution is 0.774. The molecule has 0 bridgehead atoms. The van der Waals surface area contributed by atoms with Crippen LogP contribution in [0.2, 0.25) is 0 Å². The lowest BCUT2D eigenvalue weighted by Crippen LogP contribution is -1.95. The summed E-state index contributed by atoms with van der Waals surface area (Å²) >= 11 is 0. The second kappa shape index (κ2) is 3.10. The Hall–Kier alpha value is -2.30. The zero-order valence-electron chi connectivity index (χ0n) is 8.83. The fraction of sp³-hybridized carbons (Fsp3) is 0.0909. The fourth-order valence-electron chi connectivity index (χ4n) is 1.82. The van der Waals surface area contributed by atoms with E-state index in [4.69, 9.17) is 5.73 Å². The average Bonchev–Trinajstić information content (AvgIpc) is 2.82. The van der Waals surface area contributed by atoms with Gasteiger partial charge in [-0.2, -0.15) is 5.10 Å². The van der Waals surface area contributed by atoms with Gasteiger partial charge in [-0.25, -0.2) is 4.98 Å². The van der Waals surface area contributed by atoms with Crippen molar-refractivity contribution in [2.45, 2.75) is 0 Å². The Labute approximate surface area is 92.1 Å². The van der Waals surface area contributed by atoms with Crippen molar-refractivity contribution in [2.24, 2.45) is 7.05 Å². The zero-order valence-corrected chi connectivity index (χ0v) is 8.83. The SMILES string of the molecule is Cn1ncc(N)c1-c1cn2ccccc2n1. The fourth-order valence-corrected chi connectivity index (χ4v) is 1.82. The molecule has 3 rings (SSSR count). The molecule has 0 unspecified atom stereocenters.